The van der Waals surface area contributed by atoms with E-state index in [1.807, 2.05) is 6.92 Å². The molecule has 1 heterocycles. The van der Waals surface area contributed by atoms with Crippen LogP contribution in [0.25, 0.3) is 0 Å². The Hall–Kier alpha value is -2.36. The second kappa shape index (κ2) is 15.4. The maximum Gasteiger partial charge on any atom is 0.339 e. The Morgan fingerprint density at radius 1 is 0.564 bits per heavy atom. The first-order chi connectivity index (χ1) is 18.7. The summed E-state index contributed by atoms with van der Waals surface area (Å²) in [6.07, 6.45) is 14.4. The van der Waals surface area contributed by atoms with Gasteiger partial charge >= 0.3 is 20.2 Å². The van der Waals surface area contributed by atoms with Gasteiger partial charge in [-0.3, -0.25) is 0 Å². The smallest absolute Gasteiger partial charge is 0.339 e. The standard InChI is InChI=1S/C30H40O6S3/c1-3-5-6-7-8-9-10-11-12-13-14-26-17-21-28(22-18-26)39(33,34)36-30-24-37-23-29(30)35-38(31,32)27-19-15-25(4-2)16-20-27/h15-24H,3-14H2,1-2H3. The van der Waals surface area contributed by atoms with Crippen molar-refractivity contribution in [1.82, 2.24) is 0 Å². The summed E-state index contributed by atoms with van der Waals surface area (Å²) in [5.41, 5.74) is 2.07. The number of unbranched alkanes of at least 4 members (excludes halogenated alkanes) is 9. The second-order valence-electron chi connectivity index (χ2n) is 9.75. The Morgan fingerprint density at radius 2 is 0.974 bits per heavy atom. The van der Waals surface area contributed by atoms with Crippen LogP contribution in [0.3, 0.4) is 0 Å². The zero-order valence-electron chi connectivity index (χ0n) is 22.9. The Labute approximate surface area is 238 Å². The van der Waals surface area contributed by atoms with Crippen LogP contribution in [0.15, 0.2) is 69.1 Å². The fourth-order valence-electron chi connectivity index (χ4n) is 4.26. The number of hydrogen-bond acceptors (Lipinski definition) is 7. The van der Waals surface area contributed by atoms with Gasteiger partial charge in [0.2, 0.25) is 0 Å². The molecule has 39 heavy (non-hydrogen) atoms. The van der Waals surface area contributed by atoms with Crippen molar-refractivity contribution in [2.24, 2.45) is 0 Å². The van der Waals surface area contributed by atoms with Crippen LogP contribution in [0.2, 0.25) is 0 Å². The average molecular weight is 593 g/mol. The third-order valence-electron chi connectivity index (χ3n) is 6.64. The third-order valence-corrected chi connectivity index (χ3v) is 9.84. The third kappa shape index (κ3) is 9.96. The van der Waals surface area contributed by atoms with Crippen LogP contribution in [0.5, 0.6) is 11.5 Å². The molecule has 0 aliphatic carbocycles. The summed E-state index contributed by atoms with van der Waals surface area (Å²) in [6.45, 7) is 4.21. The molecule has 0 aliphatic heterocycles. The zero-order chi connectivity index (χ0) is 28.1. The Morgan fingerprint density at radius 3 is 1.41 bits per heavy atom. The molecule has 3 aromatic rings. The van der Waals surface area contributed by atoms with Crippen molar-refractivity contribution in [3.8, 4) is 11.5 Å². The predicted octanol–water partition coefficient (Wildman–Crippen LogP) is 8.31. The van der Waals surface area contributed by atoms with Crippen LogP contribution in [-0.2, 0) is 33.1 Å². The summed E-state index contributed by atoms with van der Waals surface area (Å²) in [4.78, 5) is -0.0119. The maximum absolute atomic E-state index is 12.9. The lowest BCUT2D eigenvalue weighted by atomic mass is 10.0. The minimum absolute atomic E-state index is 0.00415. The van der Waals surface area contributed by atoms with E-state index in [0.29, 0.717) is 0 Å². The summed E-state index contributed by atoms with van der Waals surface area (Å²) in [6, 6.07) is 13.0. The molecule has 9 heteroatoms. The van der Waals surface area contributed by atoms with E-state index in [0.717, 1.165) is 41.7 Å². The van der Waals surface area contributed by atoms with Gasteiger partial charge in [0.15, 0.2) is 11.5 Å². The molecule has 0 bridgehead atoms. The summed E-state index contributed by atoms with van der Waals surface area (Å²) in [5.74, 6) is -0.330. The van der Waals surface area contributed by atoms with Crippen molar-refractivity contribution in [3.63, 3.8) is 0 Å². The number of rotatable bonds is 18. The molecule has 0 saturated carbocycles. The van der Waals surface area contributed by atoms with Crippen molar-refractivity contribution < 1.29 is 25.2 Å². The molecule has 0 aliphatic rings. The average Bonchev–Trinajstić information content (AvgIpc) is 3.34. The summed E-state index contributed by atoms with van der Waals surface area (Å²) >= 11 is 1.09. The lowest BCUT2D eigenvalue weighted by Gasteiger charge is -2.10. The minimum atomic E-state index is -4.16. The van der Waals surface area contributed by atoms with Crippen LogP contribution in [0.1, 0.15) is 89.2 Å². The Kier molecular flexibility index (Phi) is 12.3. The normalized spacial score (nSPS) is 11.9. The topological polar surface area (TPSA) is 86.7 Å². The van der Waals surface area contributed by atoms with E-state index in [2.05, 4.69) is 6.92 Å². The van der Waals surface area contributed by atoms with Crippen molar-refractivity contribution in [1.29, 1.82) is 0 Å². The highest BCUT2D eigenvalue weighted by atomic mass is 32.2. The molecular weight excluding hydrogens is 553 g/mol. The van der Waals surface area contributed by atoms with Gasteiger partial charge in [0, 0.05) is 10.8 Å². The van der Waals surface area contributed by atoms with Gasteiger partial charge < -0.3 is 8.37 Å². The molecule has 0 unspecified atom stereocenters. The second-order valence-corrected chi connectivity index (χ2v) is 13.6. The summed E-state index contributed by atoms with van der Waals surface area (Å²) < 4.78 is 61.7. The molecule has 0 saturated heterocycles. The van der Waals surface area contributed by atoms with Gasteiger partial charge in [-0.25, -0.2) is 0 Å². The molecule has 2 aromatic carbocycles. The van der Waals surface area contributed by atoms with Gasteiger partial charge in [-0.15, -0.1) is 11.3 Å². The molecular formula is C30H40O6S3. The van der Waals surface area contributed by atoms with Crippen molar-refractivity contribution in [2.45, 2.75) is 101 Å². The van der Waals surface area contributed by atoms with Crippen LogP contribution >= 0.6 is 11.3 Å². The lowest BCUT2D eigenvalue weighted by Crippen LogP contribution is -2.13. The number of aryl methyl sites for hydroxylation is 2. The first-order valence-corrected chi connectivity index (χ1v) is 17.6. The molecule has 1 aromatic heterocycles. The molecule has 0 radical (unpaired) electrons. The molecule has 6 nitrogen and oxygen atoms in total. The molecule has 0 fully saturated rings. The highest BCUT2D eigenvalue weighted by Crippen LogP contribution is 2.36. The molecule has 214 valence electrons. The molecule has 0 atom stereocenters. The Bertz CT molecular complexity index is 1340. The summed E-state index contributed by atoms with van der Waals surface area (Å²) in [5, 5.41) is 2.81. The van der Waals surface area contributed by atoms with Crippen LogP contribution < -0.4 is 8.37 Å². The van der Waals surface area contributed by atoms with Gasteiger partial charge in [0.25, 0.3) is 0 Å². The minimum Gasteiger partial charge on any atom is -0.374 e. The fourth-order valence-corrected chi connectivity index (χ4v) is 6.89. The van der Waals surface area contributed by atoms with E-state index in [-0.39, 0.29) is 21.3 Å². The quantitative estimate of drug-likeness (QED) is 0.109. The molecule has 0 N–H and O–H groups in total. The van der Waals surface area contributed by atoms with Gasteiger partial charge in [-0.05, 0) is 54.7 Å². The number of benzene rings is 2. The van der Waals surface area contributed by atoms with E-state index < -0.39 is 20.2 Å². The fraction of sp³-hybridized carbons (Fsp3) is 0.467. The first kappa shape index (κ1) is 31.2. The summed E-state index contributed by atoms with van der Waals surface area (Å²) in [7, 11) is -8.31. The Balaban J connectivity index is 1.50. The van der Waals surface area contributed by atoms with Crippen LogP contribution in [-0.4, -0.2) is 16.8 Å². The van der Waals surface area contributed by atoms with E-state index in [1.165, 1.54) is 92.8 Å². The lowest BCUT2D eigenvalue weighted by molar-refractivity contribution is 0.451. The van der Waals surface area contributed by atoms with Crippen molar-refractivity contribution in [3.05, 3.63) is 70.4 Å². The largest absolute Gasteiger partial charge is 0.374 e. The number of thiophene rings is 1. The molecule has 3 rings (SSSR count). The van der Waals surface area contributed by atoms with Gasteiger partial charge in [-0.1, -0.05) is 95.9 Å². The van der Waals surface area contributed by atoms with E-state index in [1.54, 1.807) is 24.3 Å². The molecule has 0 spiro atoms. The van der Waals surface area contributed by atoms with Gasteiger partial charge in [-0.2, -0.15) is 16.8 Å². The van der Waals surface area contributed by atoms with Crippen LogP contribution in [0.4, 0.5) is 0 Å². The van der Waals surface area contributed by atoms with Crippen molar-refractivity contribution >= 4 is 31.6 Å². The van der Waals surface area contributed by atoms with E-state index >= 15 is 0 Å². The predicted molar refractivity (Wildman–Crippen MR) is 158 cm³/mol. The van der Waals surface area contributed by atoms with Gasteiger partial charge in [0.05, 0.1) is 0 Å². The number of hydrogen-bond donors (Lipinski definition) is 0. The van der Waals surface area contributed by atoms with E-state index in [4.69, 9.17) is 8.37 Å². The van der Waals surface area contributed by atoms with Crippen molar-refractivity contribution in [2.75, 3.05) is 0 Å². The first-order valence-electron chi connectivity index (χ1n) is 13.9. The zero-order valence-corrected chi connectivity index (χ0v) is 25.4. The highest BCUT2D eigenvalue weighted by Gasteiger charge is 2.24. The monoisotopic (exact) mass is 592 g/mol. The SMILES string of the molecule is CCCCCCCCCCCCc1ccc(S(=O)(=O)Oc2cscc2OS(=O)(=O)c2ccc(CC)cc2)cc1. The van der Waals surface area contributed by atoms with Gasteiger partial charge in [0.1, 0.15) is 9.79 Å². The molecule has 0 amide bonds. The maximum atomic E-state index is 12.9. The highest BCUT2D eigenvalue weighted by molar-refractivity contribution is 7.87. The van der Waals surface area contributed by atoms with E-state index in [9.17, 15) is 16.8 Å². The van der Waals surface area contributed by atoms with Crippen LogP contribution in [0, 0.1) is 0 Å².